The van der Waals surface area contributed by atoms with Crippen molar-refractivity contribution in [3.63, 3.8) is 0 Å². The lowest BCUT2D eigenvalue weighted by atomic mass is 10.1. The lowest BCUT2D eigenvalue weighted by Gasteiger charge is -1.98. The first-order chi connectivity index (χ1) is 6.70. The van der Waals surface area contributed by atoms with Crippen LogP contribution >= 0.6 is 33.9 Å². The maximum absolute atomic E-state index is 2.43. The van der Waals surface area contributed by atoms with Crippen molar-refractivity contribution in [2.24, 2.45) is 0 Å². The predicted molar refractivity (Wildman–Crippen MR) is 71.9 cm³/mol. The van der Waals surface area contributed by atoms with Crippen LogP contribution in [0.4, 0.5) is 0 Å². The van der Waals surface area contributed by atoms with Gasteiger partial charge in [0.15, 0.2) is 0 Å². The van der Waals surface area contributed by atoms with E-state index in [4.69, 9.17) is 0 Å². The van der Waals surface area contributed by atoms with Gasteiger partial charge in [0.25, 0.3) is 0 Å². The van der Waals surface area contributed by atoms with E-state index in [1.54, 1.807) is 0 Å². The Hall–Kier alpha value is -0.350. The zero-order valence-corrected chi connectivity index (χ0v) is 11.1. The highest BCUT2D eigenvalue weighted by atomic mass is 127. The number of thiophene rings is 1. The largest absolute Gasteiger partial charge is 0.139 e. The van der Waals surface area contributed by atoms with E-state index in [2.05, 4.69) is 66.8 Å². The van der Waals surface area contributed by atoms with Crippen LogP contribution in [0.1, 0.15) is 10.4 Å². The van der Waals surface area contributed by atoms with Gasteiger partial charge in [0.2, 0.25) is 0 Å². The van der Waals surface area contributed by atoms with Crippen molar-refractivity contribution in [2.45, 2.75) is 13.8 Å². The van der Waals surface area contributed by atoms with Gasteiger partial charge in [-0.05, 0) is 47.6 Å². The molecular weight excluding hydrogens is 303 g/mol. The smallest absolute Gasteiger partial charge is 0.0385 e. The van der Waals surface area contributed by atoms with Gasteiger partial charge < -0.3 is 0 Å². The summed E-state index contributed by atoms with van der Waals surface area (Å²) < 4.78 is 1.41. The van der Waals surface area contributed by atoms with E-state index >= 15 is 0 Å². The molecule has 0 unspecified atom stereocenters. The fraction of sp³-hybridized carbons (Fsp3) is 0.167. The SMILES string of the molecule is Cc1sc(-c2ccccc2)c(C)c1I. The van der Waals surface area contributed by atoms with E-state index in [0.717, 1.165) is 0 Å². The lowest BCUT2D eigenvalue weighted by Crippen LogP contribution is -1.77. The highest BCUT2D eigenvalue weighted by molar-refractivity contribution is 14.1. The summed E-state index contributed by atoms with van der Waals surface area (Å²) in [6.45, 7) is 4.39. The normalized spacial score (nSPS) is 10.5. The Kier molecular flexibility index (Phi) is 2.93. The Morgan fingerprint density at radius 2 is 1.71 bits per heavy atom. The fourth-order valence-electron chi connectivity index (χ4n) is 1.50. The molecule has 0 bridgehead atoms. The van der Waals surface area contributed by atoms with Gasteiger partial charge in [-0.15, -0.1) is 11.3 Å². The van der Waals surface area contributed by atoms with Crippen LogP contribution in [0, 0.1) is 17.4 Å². The molecule has 72 valence electrons. The predicted octanol–water partition coefficient (Wildman–Crippen LogP) is 4.64. The summed E-state index contributed by atoms with van der Waals surface area (Å²) in [5, 5.41) is 0. The Bertz CT molecular complexity index is 443. The maximum Gasteiger partial charge on any atom is 0.0385 e. The fourth-order valence-corrected chi connectivity index (χ4v) is 3.34. The van der Waals surface area contributed by atoms with Crippen LogP contribution in [0.2, 0.25) is 0 Å². The molecule has 1 aromatic carbocycles. The number of benzene rings is 1. The van der Waals surface area contributed by atoms with Gasteiger partial charge in [0, 0.05) is 13.3 Å². The van der Waals surface area contributed by atoms with E-state index in [0.29, 0.717) is 0 Å². The number of rotatable bonds is 1. The molecule has 0 aliphatic rings. The summed E-state index contributed by atoms with van der Waals surface area (Å²) in [6.07, 6.45) is 0. The quantitative estimate of drug-likeness (QED) is 0.673. The number of hydrogen-bond donors (Lipinski definition) is 0. The molecule has 0 nitrogen and oxygen atoms in total. The molecule has 0 radical (unpaired) electrons. The van der Waals surface area contributed by atoms with Gasteiger partial charge in [0.05, 0.1) is 0 Å². The summed E-state index contributed by atoms with van der Waals surface area (Å²) in [5.74, 6) is 0. The van der Waals surface area contributed by atoms with Crippen molar-refractivity contribution >= 4 is 33.9 Å². The first kappa shape index (κ1) is 10.2. The van der Waals surface area contributed by atoms with Crippen molar-refractivity contribution in [3.05, 3.63) is 44.3 Å². The van der Waals surface area contributed by atoms with Crippen LogP contribution in [0.3, 0.4) is 0 Å². The number of halogens is 1. The molecule has 2 rings (SSSR count). The highest BCUT2D eigenvalue weighted by Gasteiger charge is 2.10. The van der Waals surface area contributed by atoms with E-state index in [9.17, 15) is 0 Å². The minimum Gasteiger partial charge on any atom is -0.139 e. The zero-order chi connectivity index (χ0) is 10.1. The first-order valence-electron chi connectivity index (χ1n) is 4.51. The summed E-state index contributed by atoms with van der Waals surface area (Å²) in [6, 6.07) is 10.6. The second kappa shape index (κ2) is 4.03. The third-order valence-corrected chi connectivity index (χ3v) is 5.51. The van der Waals surface area contributed by atoms with Crippen molar-refractivity contribution in [1.82, 2.24) is 0 Å². The van der Waals surface area contributed by atoms with Crippen molar-refractivity contribution < 1.29 is 0 Å². The van der Waals surface area contributed by atoms with Crippen molar-refractivity contribution in [1.29, 1.82) is 0 Å². The highest BCUT2D eigenvalue weighted by Crippen LogP contribution is 2.36. The van der Waals surface area contributed by atoms with Crippen molar-refractivity contribution in [2.75, 3.05) is 0 Å². The lowest BCUT2D eigenvalue weighted by molar-refractivity contribution is 1.45. The molecule has 2 aromatic rings. The summed E-state index contributed by atoms with van der Waals surface area (Å²) >= 11 is 4.31. The number of hydrogen-bond acceptors (Lipinski definition) is 1. The molecule has 0 N–H and O–H groups in total. The van der Waals surface area contributed by atoms with Crippen LogP contribution in [0.15, 0.2) is 30.3 Å². The van der Waals surface area contributed by atoms with Crippen LogP contribution in [-0.4, -0.2) is 0 Å². The summed E-state index contributed by atoms with van der Waals surface area (Å²) in [5.41, 5.74) is 2.75. The second-order valence-electron chi connectivity index (χ2n) is 3.29. The van der Waals surface area contributed by atoms with Crippen molar-refractivity contribution in [3.8, 4) is 10.4 Å². The number of aryl methyl sites for hydroxylation is 1. The van der Waals surface area contributed by atoms with Crippen LogP contribution in [-0.2, 0) is 0 Å². The molecule has 0 fully saturated rings. The standard InChI is InChI=1S/C12H11IS/c1-8-11(13)9(2)14-12(8)10-6-4-3-5-7-10/h3-7H,1-2H3. The third-order valence-electron chi connectivity index (χ3n) is 2.27. The minimum absolute atomic E-state index is 1.33. The monoisotopic (exact) mass is 314 g/mol. The Morgan fingerprint density at radius 1 is 1.07 bits per heavy atom. The zero-order valence-electron chi connectivity index (χ0n) is 8.17. The molecule has 0 aliphatic carbocycles. The molecule has 0 aliphatic heterocycles. The molecule has 0 saturated carbocycles. The summed E-state index contributed by atoms with van der Waals surface area (Å²) in [7, 11) is 0. The Morgan fingerprint density at radius 3 is 2.21 bits per heavy atom. The molecule has 0 spiro atoms. The van der Waals surface area contributed by atoms with E-state index < -0.39 is 0 Å². The van der Waals surface area contributed by atoms with Gasteiger partial charge in [-0.2, -0.15) is 0 Å². The second-order valence-corrected chi connectivity index (χ2v) is 5.60. The minimum atomic E-state index is 1.33. The van der Waals surface area contributed by atoms with E-state index in [-0.39, 0.29) is 0 Å². The van der Waals surface area contributed by atoms with Gasteiger partial charge in [-0.25, -0.2) is 0 Å². The average molecular weight is 314 g/mol. The molecule has 0 saturated heterocycles. The molecule has 0 amide bonds. The van der Waals surface area contributed by atoms with Gasteiger partial charge in [-0.1, -0.05) is 30.3 Å². The van der Waals surface area contributed by atoms with Gasteiger partial charge >= 0.3 is 0 Å². The Balaban J connectivity index is 2.58. The van der Waals surface area contributed by atoms with Crippen LogP contribution < -0.4 is 0 Å². The molecule has 1 heterocycles. The third kappa shape index (κ3) is 1.73. The maximum atomic E-state index is 2.43. The van der Waals surface area contributed by atoms with E-state index in [1.807, 2.05) is 11.3 Å². The topological polar surface area (TPSA) is 0 Å². The van der Waals surface area contributed by atoms with Gasteiger partial charge in [0.1, 0.15) is 0 Å². The molecule has 1 aromatic heterocycles. The molecule has 0 atom stereocenters. The van der Waals surface area contributed by atoms with Crippen LogP contribution in [0.25, 0.3) is 10.4 Å². The first-order valence-corrected chi connectivity index (χ1v) is 6.40. The van der Waals surface area contributed by atoms with E-state index in [1.165, 1.54) is 24.5 Å². The molecule has 2 heteroatoms. The molecular formula is C12H11IS. The Labute approximate surface area is 102 Å². The summed E-state index contributed by atoms with van der Waals surface area (Å²) in [4.78, 5) is 2.83. The van der Waals surface area contributed by atoms with Crippen LogP contribution in [0.5, 0.6) is 0 Å². The van der Waals surface area contributed by atoms with Gasteiger partial charge in [-0.3, -0.25) is 0 Å². The average Bonchev–Trinajstić information content (AvgIpc) is 2.47. The molecule has 14 heavy (non-hydrogen) atoms.